The van der Waals surface area contributed by atoms with Gasteiger partial charge in [-0.2, -0.15) is 0 Å². The lowest BCUT2D eigenvalue weighted by molar-refractivity contribution is -0.144. The molecule has 1 saturated heterocycles. The Bertz CT molecular complexity index is 647. The summed E-state index contributed by atoms with van der Waals surface area (Å²) in [6.07, 6.45) is 2.27. The Morgan fingerprint density at radius 2 is 2.00 bits per heavy atom. The van der Waals surface area contributed by atoms with E-state index in [0.29, 0.717) is 5.92 Å². The predicted molar refractivity (Wildman–Crippen MR) is 84.3 cm³/mol. The van der Waals surface area contributed by atoms with Gasteiger partial charge in [0.1, 0.15) is 6.04 Å². The van der Waals surface area contributed by atoms with E-state index in [-0.39, 0.29) is 0 Å². The molecule has 1 heterocycles. The number of carboxylic acids is 1. The second-order valence-electron chi connectivity index (χ2n) is 6.05. The Morgan fingerprint density at radius 3 is 2.76 bits per heavy atom. The van der Waals surface area contributed by atoms with Crippen LogP contribution in [0.25, 0.3) is 10.8 Å². The Labute approximate surface area is 125 Å². The molecule has 2 atom stereocenters. The van der Waals surface area contributed by atoms with Gasteiger partial charge in [0.2, 0.25) is 0 Å². The minimum Gasteiger partial charge on any atom is -0.480 e. The van der Waals surface area contributed by atoms with Gasteiger partial charge < -0.3 is 5.11 Å². The Hall–Kier alpha value is -1.87. The molecule has 0 amide bonds. The molecule has 1 aliphatic rings. The minimum absolute atomic E-state index is 0.543. The van der Waals surface area contributed by atoms with Gasteiger partial charge in [0.25, 0.3) is 0 Å². The van der Waals surface area contributed by atoms with Crippen LogP contribution >= 0.6 is 0 Å². The lowest BCUT2D eigenvalue weighted by atomic mass is 9.93. The zero-order valence-electron chi connectivity index (χ0n) is 12.3. The van der Waals surface area contributed by atoms with Crippen LogP contribution in [0.2, 0.25) is 0 Å². The molecule has 1 N–H and O–H groups in total. The van der Waals surface area contributed by atoms with E-state index in [4.69, 9.17) is 0 Å². The van der Waals surface area contributed by atoms with Crippen molar-refractivity contribution in [2.45, 2.75) is 25.8 Å². The van der Waals surface area contributed by atoms with Crippen molar-refractivity contribution in [1.29, 1.82) is 0 Å². The fraction of sp³-hybridized carbons (Fsp3) is 0.389. The number of nitrogens with zero attached hydrogens (tertiary/aromatic N) is 1. The molecule has 0 saturated carbocycles. The third-order valence-electron chi connectivity index (χ3n) is 4.41. The van der Waals surface area contributed by atoms with Crippen molar-refractivity contribution in [3.05, 3.63) is 48.0 Å². The molecule has 2 unspecified atom stereocenters. The van der Waals surface area contributed by atoms with Crippen LogP contribution in [0.1, 0.15) is 31.4 Å². The molecule has 2 aromatic carbocycles. The zero-order chi connectivity index (χ0) is 14.8. The lowest BCUT2D eigenvalue weighted by Crippen LogP contribution is -2.40. The van der Waals surface area contributed by atoms with Gasteiger partial charge in [0.15, 0.2) is 0 Å². The van der Waals surface area contributed by atoms with Crippen LogP contribution in [0.3, 0.4) is 0 Å². The molecule has 0 aliphatic carbocycles. The first-order chi connectivity index (χ1) is 10.2. The van der Waals surface area contributed by atoms with Crippen molar-refractivity contribution < 1.29 is 9.90 Å². The summed E-state index contributed by atoms with van der Waals surface area (Å²) < 4.78 is 0. The van der Waals surface area contributed by atoms with Crippen LogP contribution in [-0.4, -0.2) is 29.1 Å². The first kappa shape index (κ1) is 14.1. The van der Waals surface area contributed by atoms with Gasteiger partial charge in [-0.1, -0.05) is 49.4 Å². The fourth-order valence-corrected chi connectivity index (χ4v) is 3.44. The molecule has 0 bridgehead atoms. The monoisotopic (exact) mass is 283 g/mol. The van der Waals surface area contributed by atoms with Crippen LogP contribution in [0.4, 0.5) is 0 Å². The van der Waals surface area contributed by atoms with Crippen LogP contribution in [0.5, 0.6) is 0 Å². The number of benzene rings is 2. The Morgan fingerprint density at radius 1 is 1.24 bits per heavy atom. The van der Waals surface area contributed by atoms with Crippen molar-refractivity contribution >= 4 is 16.7 Å². The number of aliphatic carboxylic acids is 1. The maximum Gasteiger partial charge on any atom is 0.325 e. The zero-order valence-corrected chi connectivity index (χ0v) is 12.3. The minimum atomic E-state index is -0.750. The highest BCUT2D eigenvalue weighted by molar-refractivity contribution is 5.90. The van der Waals surface area contributed by atoms with E-state index < -0.39 is 12.0 Å². The summed E-state index contributed by atoms with van der Waals surface area (Å²) in [6, 6.07) is 13.4. The molecule has 1 fully saturated rings. The van der Waals surface area contributed by atoms with Crippen molar-refractivity contribution in [1.82, 2.24) is 4.90 Å². The van der Waals surface area contributed by atoms with Crippen molar-refractivity contribution in [2.75, 3.05) is 13.1 Å². The van der Waals surface area contributed by atoms with Gasteiger partial charge in [-0.05, 0) is 41.6 Å². The molecule has 0 aromatic heterocycles. The van der Waals surface area contributed by atoms with Gasteiger partial charge in [-0.3, -0.25) is 9.69 Å². The molecule has 3 nitrogen and oxygen atoms in total. The Balaban J connectivity index is 2.05. The van der Waals surface area contributed by atoms with Gasteiger partial charge in [0, 0.05) is 6.54 Å². The second-order valence-corrected chi connectivity index (χ2v) is 6.05. The molecule has 0 spiro atoms. The molecular formula is C18H21NO2. The van der Waals surface area contributed by atoms with E-state index in [9.17, 15) is 9.90 Å². The number of fused-ring (bicyclic) bond motifs is 1. The highest BCUT2D eigenvalue weighted by Crippen LogP contribution is 2.31. The van der Waals surface area contributed by atoms with Gasteiger partial charge >= 0.3 is 5.97 Å². The highest BCUT2D eigenvalue weighted by atomic mass is 16.4. The third kappa shape index (κ3) is 2.79. The molecule has 3 heteroatoms. The number of hydrogen-bond acceptors (Lipinski definition) is 2. The first-order valence-electron chi connectivity index (χ1n) is 7.61. The van der Waals surface area contributed by atoms with E-state index in [0.717, 1.165) is 35.8 Å². The topological polar surface area (TPSA) is 40.5 Å². The van der Waals surface area contributed by atoms with Gasteiger partial charge in [0.05, 0.1) is 0 Å². The molecule has 2 aromatic rings. The van der Waals surface area contributed by atoms with Crippen molar-refractivity contribution in [3.8, 4) is 0 Å². The summed E-state index contributed by atoms with van der Waals surface area (Å²) in [7, 11) is 0. The maximum absolute atomic E-state index is 11.9. The maximum atomic E-state index is 11.9. The fourth-order valence-electron chi connectivity index (χ4n) is 3.44. The van der Waals surface area contributed by atoms with E-state index in [2.05, 4.69) is 11.8 Å². The van der Waals surface area contributed by atoms with Crippen LogP contribution in [-0.2, 0) is 4.79 Å². The van der Waals surface area contributed by atoms with E-state index in [1.807, 2.05) is 42.5 Å². The molecule has 3 rings (SSSR count). The second kappa shape index (κ2) is 5.86. The van der Waals surface area contributed by atoms with E-state index >= 15 is 0 Å². The standard InChI is InChI=1S/C18H21NO2/c1-13-6-5-11-19(12-13)17(18(20)21)16-10-4-8-14-7-2-3-9-15(14)16/h2-4,7-10,13,17H,5-6,11-12H2,1H3,(H,20,21). The number of carbonyl (C=O) groups is 1. The summed E-state index contributed by atoms with van der Waals surface area (Å²) in [6.45, 7) is 3.93. The molecule has 1 aliphatic heterocycles. The van der Waals surface area contributed by atoms with E-state index in [1.54, 1.807) is 0 Å². The first-order valence-corrected chi connectivity index (χ1v) is 7.61. The summed E-state index contributed by atoms with van der Waals surface area (Å²) in [5.74, 6) is -0.184. The van der Waals surface area contributed by atoms with Gasteiger partial charge in [-0.15, -0.1) is 0 Å². The summed E-state index contributed by atoms with van der Waals surface area (Å²) in [5, 5.41) is 11.9. The third-order valence-corrected chi connectivity index (χ3v) is 4.41. The average Bonchev–Trinajstić information content (AvgIpc) is 2.47. The predicted octanol–water partition coefficient (Wildman–Crippen LogP) is 3.70. The van der Waals surface area contributed by atoms with Gasteiger partial charge in [-0.25, -0.2) is 0 Å². The summed E-state index contributed by atoms with van der Waals surface area (Å²) in [4.78, 5) is 14.0. The summed E-state index contributed by atoms with van der Waals surface area (Å²) in [5.41, 5.74) is 0.912. The SMILES string of the molecule is CC1CCCN(C(C(=O)O)c2cccc3ccccc23)C1. The number of hydrogen-bond donors (Lipinski definition) is 1. The summed E-state index contributed by atoms with van der Waals surface area (Å²) >= 11 is 0. The number of rotatable bonds is 3. The molecule has 0 radical (unpaired) electrons. The number of piperidine rings is 1. The molecule has 110 valence electrons. The lowest BCUT2D eigenvalue weighted by Gasteiger charge is -2.35. The average molecular weight is 283 g/mol. The Kier molecular flexibility index (Phi) is 3.93. The molecule has 21 heavy (non-hydrogen) atoms. The van der Waals surface area contributed by atoms with Crippen LogP contribution in [0, 0.1) is 5.92 Å². The largest absolute Gasteiger partial charge is 0.480 e. The quantitative estimate of drug-likeness (QED) is 0.933. The van der Waals surface area contributed by atoms with Crippen LogP contribution in [0.15, 0.2) is 42.5 Å². The van der Waals surface area contributed by atoms with Crippen molar-refractivity contribution in [2.24, 2.45) is 5.92 Å². The van der Waals surface area contributed by atoms with Crippen LogP contribution < -0.4 is 0 Å². The number of likely N-dealkylation sites (tertiary alicyclic amines) is 1. The highest BCUT2D eigenvalue weighted by Gasteiger charge is 2.31. The van der Waals surface area contributed by atoms with Crippen molar-refractivity contribution in [3.63, 3.8) is 0 Å². The molecular weight excluding hydrogens is 262 g/mol. The van der Waals surface area contributed by atoms with E-state index in [1.165, 1.54) is 6.42 Å². The smallest absolute Gasteiger partial charge is 0.325 e. The number of carboxylic acid groups (broad SMARTS) is 1. The normalized spacial score (nSPS) is 21.3.